The summed E-state index contributed by atoms with van der Waals surface area (Å²) in [5.74, 6) is 0.789. The molecule has 0 saturated carbocycles. The highest BCUT2D eigenvalue weighted by atomic mass is 32.2. The van der Waals surface area contributed by atoms with Crippen molar-refractivity contribution in [1.29, 1.82) is 0 Å². The Labute approximate surface area is 132 Å². The third-order valence-electron chi connectivity index (χ3n) is 3.44. The van der Waals surface area contributed by atoms with Crippen molar-refractivity contribution in [1.82, 2.24) is 4.72 Å². The van der Waals surface area contributed by atoms with Gasteiger partial charge in [-0.2, -0.15) is 0 Å². The summed E-state index contributed by atoms with van der Waals surface area (Å²) in [6.07, 6.45) is 0.620. The van der Waals surface area contributed by atoms with Gasteiger partial charge in [-0.15, -0.1) is 0 Å². The molecule has 1 N–H and O–H groups in total. The molecule has 0 aromatic heterocycles. The molecule has 118 valence electrons. The molecule has 0 amide bonds. The largest absolute Gasteiger partial charge is 0.497 e. The number of aryl methyl sites for hydroxylation is 1. The van der Waals surface area contributed by atoms with Crippen LogP contribution in [-0.4, -0.2) is 21.6 Å². The zero-order chi connectivity index (χ0) is 16.2. The Bertz CT molecular complexity index is 724. The number of ether oxygens (including phenoxy) is 1. The Kier molecular flexibility index (Phi) is 5.21. The predicted octanol–water partition coefficient (Wildman–Crippen LogP) is 2.91. The van der Waals surface area contributed by atoms with Crippen molar-refractivity contribution in [3.8, 4) is 5.75 Å². The van der Waals surface area contributed by atoms with Gasteiger partial charge in [0.2, 0.25) is 10.0 Å². The molecule has 1 unspecified atom stereocenters. The highest BCUT2D eigenvalue weighted by molar-refractivity contribution is 7.89. The average molecular weight is 319 g/mol. The molecule has 4 nitrogen and oxygen atoms in total. The molecule has 2 aromatic rings. The molecule has 0 saturated heterocycles. The molecule has 0 aliphatic heterocycles. The lowest BCUT2D eigenvalue weighted by Gasteiger charge is -2.15. The lowest BCUT2D eigenvalue weighted by atomic mass is 10.1. The maximum absolute atomic E-state index is 12.4. The van der Waals surface area contributed by atoms with E-state index in [9.17, 15) is 8.42 Å². The van der Waals surface area contributed by atoms with Gasteiger partial charge in [-0.25, -0.2) is 13.1 Å². The molecule has 22 heavy (non-hydrogen) atoms. The lowest BCUT2D eigenvalue weighted by molar-refractivity contribution is 0.414. The van der Waals surface area contributed by atoms with Crippen LogP contribution in [0.25, 0.3) is 0 Å². The van der Waals surface area contributed by atoms with Gasteiger partial charge in [-0.05, 0) is 49.6 Å². The second-order valence-electron chi connectivity index (χ2n) is 5.34. The van der Waals surface area contributed by atoms with Gasteiger partial charge in [-0.1, -0.05) is 30.3 Å². The van der Waals surface area contributed by atoms with Gasteiger partial charge in [0.25, 0.3) is 0 Å². The van der Waals surface area contributed by atoms with Crippen molar-refractivity contribution >= 4 is 10.0 Å². The van der Waals surface area contributed by atoms with Crippen LogP contribution in [0.1, 0.15) is 18.1 Å². The number of nitrogens with one attached hydrogen (secondary N) is 1. The van der Waals surface area contributed by atoms with Crippen LogP contribution in [0.15, 0.2) is 53.4 Å². The fourth-order valence-electron chi connectivity index (χ4n) is 2.34. The minimum atomic E-state index is -3.50. The van der Waals surface area contributed by atoms with E-state index in [1.807, 2.05) is 37.3 Å². The Morgan fingerprint density at radius 1 is 1.09 bits per heavy atom. The first-order valence-electron chi connectivity index (χ1n) is 7.13. The number of benzene rings is 2. The molecule has 1 atom stereocenters. The summed E-state index contributed by atoms with van der Waals surface area (Å²) in [5.41, 5.74) is 1.80. The van der Waals surface area contributed by atoms with E-state index in [4.69, 9.17) is 4.74 Å². The van der Waals surface area contributed by atoms with E-state index in [1.54, 1.807) is 32.2 Å². The minimum absolute atomic E-state index is 0.196. The molecular formula is C17H21NO3S. The summed E-state index contributed by atoms with van der Waals surface area (Å²) in [7, 11) is -1.88. The molecule has 0 spiro atoms. The van der Waals surface area contributed by atoms with Gasteiger partial charge in [-0.3, -0.25) is 0 Å². The Balaban J connectivity index is 2.07. The topological polar surface area (TPSA) is 55.4 Å². The molecular weight excluding hydrogens is 298 g/mol. The highest BCUT2D eigenvalue weighted by Gasteiger charge is 2.19. The van der Waals surface area contributed by atoms with Gasteiger partial charge < -0.3 is 4.74 Å². The second kappa shape index (κ2) is 6.94. The van der Waals surface area contributed by atoms with Crippen molar-refractivity contribution in [2.45, 2.75) is 31.2 Å². The van der Waals surface area contributed by atoms with Gasteiger partial charge in [0, 0.05) is 6.04 Å². The zero-order valence-electron chi connectivity index (χ0n) is 13.0. The van der Waals surface area contributed by atoms with Crippen molar-refractivity contribution < 1.29 is 13.2 Å². The van der Waals surface area contributed by atoms with Crippen molar-refractivity contribution in [3.05, 3.63) is 59.7 Å². The molecule has 5 heteroatoms. The van der Waals surface area contributed by atoms with E-state index in [2.05, 4.69) is 4.72 Å². The van der Waals surface area contributed by atoms with Gasteiger partial charge in [0.05, 0.1) is 12.0 Å². The maximum Gasteiger partial charge on any atom is 0.241 e. The van der Waals surface area contributed by atoms with Crippen LogP contribution in [0, 0.1) is 6.92 Å². The quantitative estimate of drug-likeness (QED) is 0.890. The van der Waals surface area contributed by atoms with Gasteiger partial charge in [0.1, 0.15) is 5.75 Å². The standard InChI is InChI=1S/C17H21NO3S/c1-13-6-4-5-7-17(13)22(19,20)18-14(2)12-15-8-10-16(21-3)11-9-15/h4-11,14,18H,12H2,1-3H3. The van der Waals surface area contributed by atoms with E-state index >= 15 is 0 Å². The predicted molar refractivity (Wildman–Crippen MR) is 87.7 cm³/mol. The fraction of sp³-hybridized carbons (Fsp3) is 0.294. The summed E-state index contributed by atoms with van der Waals surface area (Å²) in [5, 5.41) is 0. The van der Waals surface area contributed by atoms with Crippen molar-refractivity contribution in [2.24, 2.45) is 0 Å². The van der Waals surface area contributed by atoms with Crippen LogP contribution in [0.2, 0.25) is 0 Å². The Hall–Kier alpha value is -1.85. The number of sulfonamides is 1. The van der Waals surface area contributed by atoms with Crippen LogP contribution in [0.4, 0.5) is 0 Å². The molecule has 2 rings (SSSR count). The maximum atomic E-state index is 12.4. The Morgan fingerprint density at radius 3 is 2.32 bits per heavy atom. The Morgan fingerprint density at radius 2 is 1.73 bits per heavy atom. The SMILES string of the molecule is COc1ccc(CC(C)NS(=O)(=O)c2ccccc2C)cc1. The molecule has 0 bridgehead atoms. The van der Waals surface area contributed by atoms with Crippen LogP contribution in [0.3, 0.4) is 0 Å². The molecule has 2 aromatic carbocycles. The molecule has 0 aliphatic rings. The number of hydrogen-bond donors (Lipinski definition) is 1. The van der Waals surface area contributed by atoms with Crippen molar-refractivity contribution in [2.75, 3.05) is 7.11 Å². The molecule has 0 heterocycles. The van der Waals surface area contributed by atoms with E-state index in [-0.39, 0.29) is 6.04 Å². The molecule has 0 radical (unpaired) electrons. The summed E-state index contributed by atoms with van der Waals surface area (Å²) in [6, 6.07) is 14.4. The monoisotopic (exact) mass is 319 g/mol. The summed E-state index contributed by atoms with van der Waals surface area (Å²) >= 11 is 0. The third-order valence-corrected chi connectivity index (χ3v) is 5.19. The van der Waals surface area contributed by atoms with Crippen LogP contribution in [0.5, 0.6) is 5.75 Å². The number of rotatable bonds is 6. The zero-order valence-corrected chi connectivity index (χ0v) is 13.9. The average Bonchev–Trinajstić information content (AvgIpc) is 2.47. The fourth-order valence-corrected chi connectivity index (χ4v) is 3.83. The first kappa shape index (κ1) is 16.5. The van der Waals surface area contributed by atoms with E-state index < -0.39 is 10.0 Å². The number of methoxy groups -OCH3 is 1. The smallest absolute Gasteiger partial charge is 0.241 e. The van der Waals surface area contributed by atoms with Crippen LogP contribution in [-0.2, 0) is 16.4 Å². The van der Waals surface area contributed by atoms with E-state index in [1.165, 1.54) is 0 Å². The normalized spacial score (nSPS) is 12.9. The summed E-state index contributed by atoms with van der Waals surface area (Å²) < 4.78 is 32.7. The summed E-state index contributed by atoms with van der Waals surface area (Å²) in [6.45, 7) is 3.66. The van der Waals surface area contributed by atoms with Crippen LogP contribution >= 0.6 is 0 Å². The lowest BCUT2D eigenvalue weighted by Crippen LogP contribution is -2.34. The van der Waals surface area contributed by atoms with Crippen molar-refractivity contribution in [3.63, 3.8) is 0 Å². The first-order valence-corrected chi connectivity index (χ1v) is 8.61. The third kappa shape index (κ3) is 4.08. The minimum Gasteiger partial charge on any atom is -0.497 e. The van der Waals surface area contributed by atoms with Crippen LogP contribution < -0.4 is 9.46 Å². The van der Waals surface area contributed by atoms with Gasteiger partial charge in [0.15, 0.2) is 0 Å². The highest BCUT2D eigenvalue weighted by Crippen LogP contribution is 2.16. The number of hydrogen-bond acceptors (Lipinski definition) is 3. The van der Waals surface area contributed by atoms with E-state index in [0.717, 1.165) is 16.9 Å². The summed E-state index contributed by atoms with van der Waals surface area (Å²) in [4.78, 5) is 0.330. The van der Waals surface area contributed by atoms with E-state index in [0.29, 0.717) is 11.3 Å². The second-order valence-corrected chi connectivity index (χ2v) is 7.02. The first-order chi connectivity index (χ1) is 10.4. The molecule has 0 fully saturated rings. The molecule has 0 aliphatic carbocycles. The van der Waals surface area contributed by atoms with Gasteiger partial charge >= 0.3 is 0 Å².